The van der Waals surface area contributed by atoms with E-state index in [1.165, 1.54) is 18.4 Å². The van der Waals surface area contributed by atoms with Crippen LogP contribution in [0.1, 0.15) is 18.4 Å². The van der Waals surface area contributed by atoms with Crippen molar-refractivity contribution in [3.63, 3.8) is 0 Å². The zero-order valence-corrected chi connectivity index (χ0v) is 14.1. The van der Waals surface area contributed by atoms with Gasteiger partial charge in [-0.3, -0.25) is 0 Å². The van der Waals surface area contributed by atoms with Gasteiger partial charge in [0, 0.05) is 30.0 Å². The van der Waals surface area contributed by atoms with Crippen molar-refractivity contribution in [2.45, 2.75) is 19.4 Å². The molecule has 0 aliphatic carbocycles. The van der Waals surface area contributed by atoms with Crippen molar-refractivity contribution in [1.29, 1.82) is 0 Å². The Hall–Kier alpha value is -2.33. The van der Waals surface area contributed by atoms with Gasteiger partial charge in [-0.05, 0) is 42.7 Å². The normalized spacial score (nSPS) is 14.3. The lowest BCUT2D eigenvalue weighted by Crippen LogP contribution is -2.21. The van der Waals surface area contributed by atoms with E-state index in [0.29, 0.717) is 6.54 Å². The van der Waals surface area contributed by atoms with Crippen molar-refractivity contribution in [2.24, 2.45) is 0 Å². The first-order chi connectivity index (χ1) is 11.8. The molecular formula is C19H19ClN4. The first-order valence-electron chi connectivity index (χ1n) is 8.30. The van der Waals surface area contributed by atoms with Gasteiger partial charge in [0.15, 0.2) is 0 Å². The van der Waals surface area contributed by atoms with Crippen molar-refractivity contribution in [1.82, 2.24) is 9.97 Å². The summed E-state index contributed by atoms with van der Waals surface area (Å²) in [4.78, 5) is 11.8. The van der Waals surface area contributed by atoms with Gasteiger partial charge in [-0.1, -0.05) is 35.9 Å². The van der Waals surface area contributed by atoms with E-state index < -0.39 is 0 Å². The molecule has 0 saturated carbocycles. The Bertz CT molecular complexity index is 842. The highest BCUT2D eigenvalue weighted by molar-refractivity contribution is 6.30. The molecule has 5 heteroatoms. The van der Waals surface area contributed by atoms with Gasteiger partial charge in [0.1, 0.15) is 5.82 Å². The number of hydrogen-bond acceptors (Lipinski definition) is 4. The third kappa shape index (κ3) is 3.15. The topological polar surface area (TPSA) is 41.1 Å². The zero-order chi connectivity index (χ0) is 16.4. The van der Waals surface area contributed by atoms with Gasteiger partial charge in [-0.25, -0.2) is 4.98 Å². The lowest BCUT2D eigenvalue weighted by atomic mass is 10.2. The van der Waals surface area contributed by atoms with Gasteiger partial charge in [0.05, 0.1) is 5.52 Å². The molecule has 24 heavy (non-hydrogen) atoms. The van der Waals surface area contributed by atoms with Crippen LogP contribution in [0.2, 0.25) is 5.02 Å². The maximum atomic E-state index is 5.95. The van der Waals surface area contributed by atoms with E-state index in [1.807, 2.05) is 42.5 Å². The summed E-state index contributed by atoms with van der Waals surface area (Å²) in [5, 5.41) is 5.27. The van der Waals surface area contributed by atoms with Crippen LogP contribution in [-0.2, 0) is 6.54 Å². The molecule has 3 aromatic rings. The molecule has 0 spiro atoms. The maximum absolute atomic E-state index is 5.95. The number of rotatable bonds is 4. The number of aromatic nitrogens is 2. The minimum atomic E-state index is 0.706. The van der Waals surface area contributed by atoms with Gasteiger partial charge in [0.25, 0.3) is 0 Å². The Labute approximate surface area is 146 Å². The van der Waals surface area contributed by atoms with Crippen LogP contribution in [0.5, 0.6) is 0 Å². The second kappa shape index (κ2) is 6.65. The van der Waals surface area contributed by atoms with E-state index in [9.17, 15) is 0 Å². The molecule has 4 nitrogen and oxygen atoms in total. The van der Waals surface area contributed by atoms with E-state index in [-0.39, 0.29) is 0 Å². The van der Waals surface area contributed by atoms with Crippen LogP contribution < -0.4 is 10.2 Å². The summed E-state index contributed by atoms with van der Waals surface area (Å²) in [5.41, 5.74) is 2.15. The van der Waals surface area contributed by atoms with Crippen molar-refractivity contribution in [3.05, 3.63) is 59.1 Å². The molecule has 2 aromatic carbocycles. The number of nitrogens with zero attached hydrogens (tertiary/aromatic N) is 3. The van der Waals surface area contributed by atoms with Crippen LogP contribution in [0.15, 0.2) is 48.5 Å². The highest BCUT2D eigenvalue weighted by Gasteiger charge is 2.17. The molecule has 1 aliphatic rings. The Balaban J connectivity index is 1.65. The summed E-state index contributed by atoms with van der Waals surface area (Å²) in [6, 6.07) is 16.0. The summed E-state index contributed by atoms with van der Waals surface area (Å²) < 4.78 is 0. The van der Waals surface area contributed by atoms with Gasteiger partial charge in [-0.2, -0.15) is 4.98 Å². The average molecular weight is 339 g/mol. The van der Waals surface area contributed by atoms with Gasteiger partial charge in [0.2, 0.25) is 5.95 Å². The standard InChI is InChI=1S/C19H19ClN4/c20-15-9-7-14(8-10-15)13-21-18-16-5-1-2-6-17(16)22-19(23-18)24-11-3-4-12-24/h1-2,5-10H,3-4,11-13H2,(H,21,22,23). The monoisotopic (exact) mass is 338 g/mol. The molecule has 0 atom stereocenters. The highest BCUT2D eigenvalue weighted by atomic mass is 35.5. The lowest BCUT2D eigenvalue weighted by molar-refractivity contribution is 0.905. The Kier molecular flexibility index (Phi) is 4.22. The number of fused-ring (bicyclic) bond motifs is 1. The molecule has 1 saturated heterocycles. The smallest absolute Gasteiger partial charge is 0.227 e. The fourth-order valence-electron chi connectivity index (χ4n) is 3.05. The molecule has 1 N–H and O–H groups in total. The Morgan fingerprint density at radius 3 is 2.50 bits per heavy atom. The third-order valence-electron chi connectivity index (χ3n) is 4.35. The third-order valence-corrected chi connectivity index (χ3v) is 4.61. The van der Waals surface area contributed by atoms with Crippen LogP contribution in [0.4, 0.5) is 11.8 Å². The molecular weight excluding hydrogens is 320 g/mol. The quantitative estimate of drug-likeness (QED) is 0.760. The number of nitrogens with one attached hydrogen (secondary N) is 1. The SMILES string of the molecule is Clc1ccc(CNc2nc(N3CCCC3)nc3ccccc23)cc1. The lowest BCUT2D eigenvalue weighted by Gasteiger charge is -2.18. The molecule has 1 aromatic heterocycles. The van der Waals surface area contributed by atoms with Crippen LogP contribution >= 0.6 is 11.6 Å². The number of benzene rings is 2. The van der Waals surface area contributed by atoms with E-state index in [2.05, 4.69) is 16.3 Å². The predicted molar refractivity (Wildman–Crippen MR) is 99.8 cm³/mol. The number of para-hydroxylation sites is 1. The van der Waals surface area contributed by atoms with Crippen molar-refractivity contribution >= 4 is 34.3 Å². The summed E-state index contributed by atoms with van der Waals surface area (Å²) in [7, 11) is 0. The molecule has 0 bridgehead atoms. The van der Waals surface area contributed by atoms with Crippen molar-refractivity contribution in [2.75, 3.05) is 23.3 Å². The summed E-state index contributed by atoms with van der Waals surface area (Å²) in [5.74, 6) is 1.71. The number of anilines is 2. The van der Waals surface area contributed by atoms with Crippen LogP contribution in [0.3, 0.4) is 0 Å². The van der Waals surface area contributed by atoms with Crippen LogP contribution in [0.25, 0.3) is 10.9 Å². The molecule has 122 valence electrons. The minimum absolute atomic E-state index is 0.706. The Morgan fingerprint density at radius 1 is 0.958 bits per heavy atom. The van der Waals surface area contributed by atoms with E-state index in [0.717, 1.165) is 40.8 Å². The molecule has 0 unspecified atom stereocenters. The number of halogens is 1. The fraction of sp³-hybridized carbons (Fsp3) is 0.263. The van der Waals surface area contributed by atoms with Crippen molar-refractivity contribution < 1.29 is 0 Å². The first-order valence-corrected chi connectivity index (χ1v) is 8.67. The van der Waals surface area contributed by atoms with Crippen LogP contribution in [-0.4, -0.2) is 23.1 Å². The summed E-state index contributed by atoms with van der Waals surface area (Å²) >= 11 is 5.95. The summed E-state index contributed by atoms with van der Waals surface area (Å²) in [6.45, 7) is 2.78. The van der Waals surface area contributed by atoms with Gasteiger partial charge < -0.3 is 10.2 Å². The molecule has 1 fully saturated rings. The zero-order valence-electron chi connectivity index (χ0n) is 13.4. The molecule has 0 amide bonds. The highest BCUT2D eigenvalue weighted by Crippen LogP contribution is 2.25. The minimum Gasteiger partial charge on any atom is -0.365 e. The maximum Gasteiger partial charge on any atom is 0.227 e. The van der Waals surface area contributed by atoms with Gasteiger partial charge >= 0.3 is 0 Å². The second-order valence-electron chi connectivity index (χ2n) is 6.06. The molecule has 0 radical (unpaired) electrons. The molecule has 2 heterocycles. The van der Waals surface area contributed by atoms with E-state index >= 15 is 0 Å². The summed E-state index contributed by atoms with van der Waals surface area (Å²) in [6.07, 6.45) is 2.42. The largest absolute Gasteiger partial charge is 0.365 e. The first kappa shape index (κ1) is 15.2. The van der Waals surface area contributed by atoms with E-state index in [1.54, 1.807) is 0 Å². The predicted octanol–water partition coefficient (Wildman–Crippen LogP) is 4.50. The van der Waals surface area contributed by atoms with E-state index in [4.69, 9.17) is 21.6 Å². The van der Waals surface area contributed by atoms with Gasteiger partial charge in [-0.15, -0.1) is 0 Å². The average Bonchev–Trinajstić information content (AvgIpc) is 3.15. The molecule has 1 aliphatic heterocycles. The number of hydrogen-bond donors (Lipinski definition) is 1. The van der Waals surface area contributed by atoms with Crippen molar-refractivity contribution in [3.8, 4) is 0 Å². The Morgan fingerprint density at radius 2 is 1.71 bits per heavy atom. The molecule has 4 rings (SSSR count). The fourth-order valence-corrected chi connectivity index (χ4v) is 3.17. The van der Waals surface area contributed by atoms with Crippen LogP contribution in [0, 0.1) is 0 Å². The second-order valence-corrected chi connectivity index (χ2v) is 6.50.